The Hall–Kier alpha value is -2.03. The number of hydrogen-bond acceptors (Lipinski definition) is 3. The van der Waals surface area contributed by atoms with Crippen molar-refractivity contribution in [3.8, 4) is 0 Å². The summed E-state index contributed by atoms with van der Waals surface area (Å²) in [6.45, 7) is 3.67. The van der Waals surface area contributed by atoms with E-state index in [9.17, 15) is 4.79 Å². The average Bonchev–Trinajstić information content (AvgIpc) is 2.22. The molecular formula is C12H11NO2. The number of rotatable bonds is 2. The van der Waals surface area contributed by atoms with Crippen LogP contribution >= 0.6 is 0 Å². The van der Waals surface area contributed by atoms with E-state index in [0.717, 1.165) is 10.9 Å². The molecule has 3 heteroatoms. The van der Waals surface area contributed by atoms with Gasteiger partial charge >= 0.3 is 5.63 Å². The fraction of sp³-hybridized carbons (Fsp3) is 0.0833. The second-order valence-electron chi connectivity index (χ2n) is 3.29. The molecule has 0 aliphatic carbocycles. The monoisotopic (exact) mass is 201 g/mol. The van der Waals surface area contributed by atoms with Crippen molar-refractivity contribution in [3.05, 3.63) is 52.9 Å². The maximum atomic E-state index is 11.0. The fourth-order valence-corrected chi connectivity index (χ4v) is 1.60. The van der Waals surface area contributed by atoms with E-state index in [-0.39, 0.29) is 5.63 Å². The third-order valence-corrected chi connectivity index (χ3v) is 2.30. The summed E-state index contributed by atoms with van der Waals surface area (Å²) in [5.41, 5.74) is 7.70. The maximum absolute atomic E-state index is 11.0. The van der Waals surface area contributed by atoms with E-state index in [1.54, 1.807) is 24.3 Å². The Kier molecular flexibility index (Phi) is 2.29. The van der Waals surface area contributed by atoms with Gasteiger partial charge in [-0.2, -0.15) is 0 Å². The van der Waals surface area contributed by atoms with Crippen LogP contribution in [0, 0.1) is 0 Å². The number of nitrogens with two attached hydrogens (primary N) is 1. The highest BCUT2D eigenvalue weighted by atomic mass is 16.4. The summed E-state index contributed by atoms with van der Waals surface area (Å²) < 4.78 is 5.06. The molecule has 15 heavy (non-hydrogen) atoms. The standard InChI is InChI=1S/C12H11NO2/c1-2-3-8-9-4-7-12(14)15-11(9)6-5-10(8)13/h2,4-7H,1,3,13H2. The summed E-state index contributed by atoms with van der Waals surface area (Å²) in [4.78, 5) is 11.0. The molecule has 3 nitrogen and oxygen atoms in total. The summed E-state index contributed by atoms with van der Waals surface area (Å²) in [6.07, 6.45) is 2.44. The van der Waals surface area contributed by atoms with Gasteiger partial charge in [-0.05, 0) is 30.2 Å². The summed E-state index contributed by atoms with van der Waals surface area (Å²) in [6, 6.07) is 6.58. The normalized spacial score (nSPS) is 10.4. The molecule has 2 aromatic rings. The zero-order valence-electron chi connectivity index (χ0n) is 8.19. The molecule has 0 atom stereocenters. The lowest BCUT2D eigenvalue weighted by atomic mass is 10.0. The van der Waals surface area contributed by atoms with Crippen LogP contribution in [0.25, 0.3) is 11.0 Å². The highest BCUT2D eigenvalue weighted by Gasteiger charge is 2.05. The SMILES string of the molecule is C=CCc1c(N)ccc2oc(=O)ccc12. The van der Waals surface area contributed by atoms with Gasteiger partial charge in [0.05, 0.1) is 0 Å². The van der Waals surface area contributed by atoms with Gasteiger partial charge in [-0.25, -0.2) is 4.79 Å². The highest BCUT2D eigenvalue weighted by molar-refractivity contribution is 5.85. The molecule has 1 aromatic heterocycles. The minimum absolute atomic E-state index is 0.350. The molecule has 0 unspecified atom stereocenters. The van der Waals surface area contributed by atoms with Gasteiger partial charge in [0.1, 0.15) is 5.58 Å². The Bertz CT molecular complexity index is 569. The summed E-state index contributed by atoms with van der Waals surface area (Å²) in [5.74, 6) is 0. The second-order valence-corrected chi connectivity index (χ2v) is 3.29. The summed E-state index contributed by atoms with van der Waals surface area (Å²) >= 11 is 0. The van der Waals surface area contributed by atoms with Crippen LogP contribution in [0.1, 0.15) is 5.56 Å². The first kappa shape index (κ1) is 9.52. The molecule has 0 bridgehead atoms. The Morgan fingerprint density at radius 2 is 2.13 bits per heavy atom. The molecule has 0 fully saturated rings. The molecule has 0 saturated heterocycles. The minimum atomic E-state index is -0.350. The van der Waals surface area contributed by atoms with Crippen molar-refractivity contribution in [2.45, 2.75) is 6.42 Å². The van der Waals surface area contributed by atoms with E-state index in [1.165, 1.54) is 6.07 Å². The van der Waals surface area contributed by atoms with E-state index < -0.39 is 0 Å². The van der Waals surface area contributed by atoms with Gasteiger partial charge in [-0.1, -0.05) is 6.08 Å². The summed E-state index contributed by atoms with van der Waals surface area (Å²) in [5, 5.41) is 0.870. The van der Waals surface area contributed by atoms with Crippen molar-refractivity contribution >= 4 is 16.7 Å². The third kappa shape index (κ3) is 1.64. The number of fused-ring (bicyclic) bond motifs is 1. The zero-order valence-corrected chi connectivity index (χ0v) is 8.19. The molecule has 0 radical (unpaired) electrons. The second kappa shape index (κ2) is 3.61. The van der Waals surface area contributed by atoms with Gasteiger partial charge in [0.15, 0.2) is 0 Å². The van der Waals surface area contributed by atoms with Crippen molar-refractivity contribution in [3.63, 3.8) is 0 Å². The molecule has 0 amide bonds. The highest BCUT2D eigenvalue weighted by Crippen LogP contribution is 2.23. The fourth-order valence-electron chi connectivity index (χ4n) is 1.60. The van der Waals surface area contributed by atoms with Gasteiger partial charge in [0, 0.05) is 17.1 Å². The smallest absolute Gasteiger partial charge is 0.336 e. The molecule has 2 rings (SSSR count). The predicted octanol–water partition coefficient (Wildman–Crippen LogP) is 2.10. The van der Waals surface area contributed by atoms with Gasteiger partial charge < -0.3 is 10.2 Å². The Morgan fingerprint density at radius 1 is 1.33 bits per heavy atom. The van der Waals surface area contributed by atoms with Crippen LogP contribution in [0.3, 0.4) is 0 Å². The van der Waals surface area contributed by atoms with E-state index in [4.69, 9.17) is 10.2 Å². The number of nitrogen functional groups attached to an aromatic ring is 1. The molecule has 0 saturated carbocycles. The number of allylic oxidation sites excluding steroid dienone is 1. The van der Waals surface area contributed by atoms with E-state index in [0.29, 0.717) is 17.7 Å². The Morgan fingerprint density at radius 3 is 2.87 bits per heavy atom. The van der Waals surface area contributed by atoms with Crippen LogP contribution in [0.5, 0.6) is 0 Å². The third-order valence-electron chi connectivity index (χ3n) is 2.30. The van der Waals surface area contributed by atoms with Gasteiger partial charge in [0.25, 0.3) is 0 Å². The molecule has 0 aliphatic rings. The van der Waals surface area contributed by atoms with Crippen molar-refractivity contribution in [1.82, 2.24) is 0 Å². The molecule has 2 N–H and O–H groups in total. The van der Waals surface area contributed by atoms with Gasteiger partial charge in [0.2, 0.25) is 0 Å². The van der Waals surface area contributed by atoms with Crippen LogP contribution in [-0.4, -0.2) is 0 Å². The molecule has 1 aromatic carbocycles. The van der Waals surface area contributed by atoms with E-state index in [1.807, 2.05) is 0 Å². The Labute approximate surface area is 86.8 Å². The molecule has 0 aliphatic heterocycles. The molecule has 1 heterocycles. The van der Waals surface area contributed by atoms with Crippen molar-refractivity contribution in [2.75, 3.05) is 5.73 Å². The predicted molar refractivity (Wildman–Crippen MR) is 60.8 cm³/mol. The lowest BCUT2D eigenvalue weighted by molar-refractivity contribution is 0.561. The quantitative estimate of drug-likeness (QED) is 0.460. The first-order chi connectivity index (χ1) is 7.22. The lowest BCUT2D eigenvalue weighted by Crippen LogP contribution is -1.99. The topological polar surface area (TPSA) is 56.2 Å². The van der Waals surface area contributed by atoms with Crippen molar-refractivity contribution in [1.29, 1.82) is 0 Å². The molecular weight excluding hydrogens is 190 g/mol. The van der Waals surface area contributed by atoms with Crippen LogP contribution in [0.4, 0.5) is 5.69 Å². The number of benzene rings is 1. The summed E-state index contributed by atoms with van der Waals surface area (Å²) in [7, 11) is 0. The maximum Gasteiger partial charge on any atom is 0.336 e. The molecule has 0 spiro atoms. The van der Waals surface area contributed by atoms with Gasteiger partial charge in [-0.15, -0.1) is 6.58 Å². The van der Waals surface area contributed by atoms with E-state index >= 15 is 0 Å². The first-order valence-electron chi connectivity index (χ1n) is 4.64. The van der Waals surface area contributed by atoms with Crippen molar-refractivity contribution in [2.24, 2.45) is 0 Å². The Balaban J connectivity index is 2.81. The van der Waals surface area contributed by atoms with E-state index in [2.05, 4.69) is 6.58 Å². The van der Waals surface area contributed by atoms with Crippen LogP contribution < -0.4 is 11.4 Å². The minimum Gasteiger partial charge on any atom is -0.423 e. The largest absolute Gasteiger partial charge is 0.423 e. The van der Waals surface area contributed by atoms with Crippen molar-refractivity contribution < 1.29 is 4.42 Å². The van der Waals surface area contributed by atoms with Crippen LogP contribution in [-0.2, 0) is 6.42 Å². The zero-order chi connectivity index (χ0) is 10.8. The molecule has 76 valence electrons. The first-order valence-corrected chi connectivity index (χ1v) is 4.64. The lowest BCUT2D eigenvalue weighted by Gasteiger charge is -2.06. The number of anilines is 1. The van der Waals surface area contributed by atoms with Crippen LogP contribution in [0.15, 0.2) is 46.1 Å². The number of hydrogen-bond donors (Lipinski definition) is 1. The van der Waals surface area contributed by atoms with Gasteiger partial charge in [-0.3, -0.25) is 0 Å². The van der Waals surface area contributed by atoms with Crippen LogP contribution in [0.2, 0.25) is 0 Å². The average molecular weight is 201 g/mol.